The summed E-state index contributed by atoms with van der Waals surface area (Å²) in [7, 11) is 0. The Hall–Kier alpha value is 0.180. The van der Waals surface area contributed by atoms with Gasteiger partial charge >= 0.3 is 0 Å². The van der Waals surface area contributed by atoms with Crippen molar-refractivity contribution in [3.05, 3.63) is 24.3 Å². The minimum Gasteiger partial charge on any atom is -0.160 e. The van der Waals surface area contributed by atoms with E-state index < -0.39 is 0 Å². The van der Waals surface area contributed by atoms with Gasteiger partial charge in [0.15, 0.2) is 0 Å². The molecule has 2 atom stereocenters. The highest BCUT2D eigenvalue weighted by Crippen LogP contribution is 2.27. The Labute approximate surface area is 98.7 Å². The number of hydrogen-bond donors (Lipinski definition) is 1. The summed E-state index contributed by atoms with van der Waals surface area (Å²) < 4.78 is 0.360. The predicted octanol–water partition coefficient (Wildman–Crippen LogP) is 4.54. The Morgan fingerprint density at radius 2 is 2.14 bits per heavy atom. The first-order chi connectivity index (χ1) is 6.69. The quantitative estimate of drug-likeness (QED) is 0.380. The van der Waals surface area contributed by atoms with Crippen molar-refractivity contribution in [1.29, 1.82) is 0 Å². The summed E-state index contributed by atoms with van der Waals surface area (Å²) in [5, 5.41) is 0. The van der Waals surface area contributed by atoms with Gasteiger partial charge in [0.1, 0.15) is 0 Å². The van der Waals surface area contributed by atoms with Gasteiger partial charge in [-0.25, -0.2) is 0 Å². The standard InChI is InChI=1S/C12H22S2/c1-5-10(6-2)9-14-12(13)11(7-3)8-4/h5,7,10,12-13H,1,6,8-9H2,2-4H3. The van der Waals surface area contributed by atoms with Crippen LogP contribution in [0.5, 0.6) is 0 Å². The maximum Gasteiger partial charge on any atom is 0.0681 e. The monoisotopic (exact) mass is 230 g/mol. The van der Waals surface area contributed by atoms with E-state index in [9.17, 15) is 0 Å². The molecule has 0 aliphatic rings. The second-order valence-corrected chi connectivity index (χ2v) is 5.31. The van der Waals surface area contributed by atoms with Crippen LogP contribution < -0.4 is 0 Å². The summed E-state index contributed by atoms with van der Waals surface area (Å²) in [6, 6.07) is 0. The summed E-state index contributed by atoms with van der Waals surface area (Å²) in [6.45, 7) is 10.3. The van der Waals surface area contributed by atoms with Crippen LogP contribution in [-0.4, -0.2) is 10.3 Å². The molecule has 0 aromatic heterocycles. The smallest absolute Gasteiger partial charge is 0.0681 e. The van der Waals surface area contributed by atoms with Crippen molar-refractivity contribution in [3.8, 4) is 0 Å². The molecule has 0 aliphatic carbocycles. The van der Waals surface area contributed by atoms with Gasteiger partial charge < -0.3 is 0 Å². The molecule has 82 valence electrons. The number of rotatable bonds is 7. The van der Waals surface area contributed by atoms with Gasteiger partial charge in [0.25, 0.3) is 0 Å². The van der Waals surface area contributed by atoms with E-state index in [-0.39, 0.29) is 0 Å². The van der Waals surface area contributed by atoms with Gasteiger partial charge in [0.05, 0.1) is 4.58 Å². The minimum atomic E-state index is 0.360. The van der Waals surface area contributed by atoms with Gasteiger partial charge in [0, 0.05) is 5.75 Å². The minimum absolute atomic E-state index is 0.360. The number of hydrogen-bond acceptors (Lipinski definition) is 2. The average molecular weight is 230 g/mol. The fraction of sp³-hybridized carbons (Fsp3) is 0.667. The molecule has 0 saturated heterocycles. The van der Waals surface area contributed by atoms with Crippen LogP contribution in [0.3, 0.4) is 0 Å². The normalized spacial score (nSPS) is 16.4. The van der Waals surface area contributed by atoms with Gasteiger partial charge in [-0.05, 0) is 25.7 Å². The number of thiol groups is 1. The molecule has 0 nitrogen and oxygen atoms in total. The lowest BCUT2D eigenvalue weighted by molar-refractivity contribution is 0.711. The fourth-order valence-electron chi connectivity index (χ4n) is 1.20. The molecule has 2 heteroatoms. The van der Waals surface area contributed by atoms with Crippen molar-refractivity contribution < 1.29 is 0 Å². The largest absolute Gasteiger partial charge is 0.160 e. The lowest BCUT2D eigenvalue weighted by Crippen LogP contribution is -2.04. The number of thioether (sulfide) groups is 1. The summed E-state index contributed by atoms with van der Waals surface area (Å²) in [5.74, 6) is 1.76. The van der Waals surface area contributed by atoms with Crippen LogP contribution in [0.1, 0.15) is 33.6 Å². The molecule has 0 aliphatic heterocycles. The molecular weight excluding hydrogens is 208 g/mol. The van der Waals surface area contributed by atoms with E-state index in [0.717, 1.165) is 12.2 Å². The molecule has 0 bridgehead atoms. The zero-order valence-corrected chi connectivity index (χ0v) is 11.2. The van der Waals surface area contributed by atoms with E-state index in [1.807, 2.05) is 11.8 Å². The van der Waals surface area contributed by atoms with E-state index in [4.69, 9.17) is 0 Å². The molecule has 0 aromatic carbocycles. The van der Waals surface area contributed by atoms with Gasteiger partial charge in [0.2, 0.25) is 0 Å². The zero-order chi connectivity index (χ0) is 11.0. The van der Waals surface area contributed by atoms with Crippen molar-refractivity contribution >= 4 is 24.4 Å². The predicted molar refractivity (Wildman–Crippen MR) is 73.3 cm³/mol. The second kappa shape index (κ2) is 8.49. The van der Waals surface area contributed by atoms with Crippen molar-refractivity contribution in [2.24, 2.45) is 5.92 Å². The molecular formula is C12H22S2. The topological polar surface area (TPSA) is 0 Å². The fourth-order valence-corrected chi connectivity index (χ4v) is 3.10. The van der Waals surface area contributed by atoms with Crippen LogP contribution in [0, 0.1) is 5.92 Å². The maximum absolute atomic E-state index is 4.60. The first kappa shape index (κ1) is 14.2. The van der Waals surface area contributed by atoms with Crippen molar-refractivity contribution in [2.45, 2.75) is 38.2 Å². The molecule has 0 radical (unpaired) electrons. The third-order valence-corrected chi connectivity index (χ3v) is 4.44. The highest BCUT2D eigenvalue weighted by atomic mass is 32.2. The second-order valence-electron chi connectivity index (χ2n) is 3.31. The Morgan fingerprint density at radius 1 is 1.50 bits per heavy atom. The van der Waals surface area contributed by atoms with Gasteiger partial charge in [-0.3, -0.25) is 0 Å². The first-order valence-electron chi connectivity index (χ1n) is 5.26. The van der Waals surface area contributed by atoms with E-state index in [0.29, 0.717) is 10.5 Å². The first-order valence-corrected chi connectivity index (χ1v) is 6.83. The van der Waals surface area contributed by atoms with Gasteiger partial charge in [-0.1, -0.05) is 31.6 Å². The van der Waals surface area contributed by atoms with Crippen molar-refractivity contribution in [2.75, 3.05) is 5.75 Å². The molecule has 0 rings (SSSR count). The Balaban J connectivity index is 3.94. The van der Waals surface area contributed by atoms with E-state index in [1.54, 1.807) is 0 Å². The van der Waals surface area contributed by atoms with E-state index in [1.165, 1.54) is 12.0 Å². The SMILES string of the molecule is C=CC(CC)CSC(S)C(=CC)CC. The third-order valence-electron chi connectivity index (χ3n) is 2.42. The Morgan fingerprint density at radius 3 is 2.50 bits per heavy atom. The van der Waals surface area contributed by atoms with Crippen LogP contribution in [0.25, 0.3) is 0 Å². The van der Waals surface area contributed by atoms with Crippen molar-refractivity contribution in [3.63, 3.8) is 0 Å². The van der Waals surface area contributed by atoms with Crippen LogP contribution in [0.15, 0.2) is 24.3 Å². The summed E-state index contributed by atoms with van der Waals surface area (Å²) in [5.41, 5.74) is 1.43. The highest BCUT2D eigenvalue weighted by molar-refractivity contribution is 8.10. The van der Waals surface area contributed by atoms with Crippen LogP contribution >= 0.6 is 24.4 Å². The zero-order valence-electron chi connectivity index (χ0n) is 9.49. The van der Waals surface area contributed by atoms with E-state index >= 15 is 0 Å². The molecule has 0 N–H and O–H groups in total. The molecule has 0 amide bonds. The number of allylic oxidation sites excluding steroid dienone is 2. The molecule has 0 spiro atoms. The lowest BCUT2D eigenvalue weighted by Gasteiger charge is -2.16. The van der Waals surface area contributed by atoms with Crippen molar-refractivity contribution in [1.82, 2.24) is 0 Å². The van der Waals surface area contributed by atoms with Crippen LogP contribution in [0.2, 0.25) is 0 Å². The Bertz CT molecular complexity index is 185. The molecule has 14 heavy (non-hydrogen) atoms. The van der Waals surface area contributed by atoms with Gasteiger partial charge in [-0.15, -0.1) is 18.3 Å². The summed E-state index contributed by atoms with van der Waals surface area (Å²) in [4.78, 5) is 0. The maximum atomic E-state index is 4.60. The highest BCUT2D eigenvalue weighted by Gasteiger charge is 2.09. The Kier molecular flexibility index (Phi) is 8.59. The van der Waals surface area contributed by atoms with Crippen LogP contribution in [0.4, 0.5) is 0 Å². The molecule has 0 aromatic rings. The van der Waals surface area contributed by atoms with Gasteiger partial charge in [-0.2, -0.15) is 12.6 Å². The summed E-state index contributed by atoms with van der Waals surface area (Å²) >= 11 is 6.51. The third kappa shape index (κ3) is 5.16. The molecule has 2 unspecified atom stereocenters. The molecule has 0 heterocycles. The molecule has 0 fully saturated rings. The van der Waals surface area contributed by atoms with E-state index in [2.05, 4.69) is 52.1 Å². The molecule has 0 saturated carbocycles. The lowest BCUT2D eigenvalue weighted by atomic mass is 10.1. The van der Waals surface area contributed by atoms with Crippen LogP contribution in [-0.2, 0) is 0 Å². The summed E-state index contributed by atoms with van der Waals surface area (Å²) in [6.07, 6.45) is 6.51. The average Bonchev–Trinajstić information content (AvgIpc) is 2.21.